The van der Waals surface area contributed by atoms with Crippen molar-refractivity contribution in [3.63, 3.8) is 0 Å². The molecule has 136 valence electrons. The van der Waals surface area contributed by atoms with Crippen molar-refractivity contribution < 1.29 is 23.0 Å². The van der Waals surface area contributed by atoms with Crippen LogP contribution in [0.4, 0.5) is 8.78 Å². The monoisotopic (exact) mass is 350 g/mol. The Balaban J connectivity index is 1.91. The number of ether oxygens (including phenoxy) is 3. The van der Waals surface area contributed by atoms with Gasteiger partial charge in [0.05, 0.1) is 13.2 Å². The SMILES string of the molecule is CC(F)C(OCc1ccccc1)OC(OCc1ccccc1)C(C)F. The Kier molecular flexibility index (Phi) is 7.98. The van der Waals surface area contributed by atoms with Crippen molar-refractivity contribution in [3.8, 4) is 0 Å². The number of halogens is 2. The zero-order valence-electron chi connectivity index (χ0n) is 14.5. The highest BCUT2D eigenvalue weighted by atomic mass is 19.1. The first-order valence-corrected chi connectivity index (χ1v) is 8.31. The molecule has 0 saturated carbocycles. The van der Waals surface area contributed by atoms with Gasteiger partial charge in [0.2, 0.25) is 0 Å². The molecule has 0 aliphatic rings. The quantitative estimate of drug-likeness (QED) is 0.576. The lowest BCUT2D eigenvalue weighted by molar-refractivity contribution is -0.282. The summed E-state index contributed by atoms with van der Waals surface area (Å²) in [6.45, 7) is 2.97. The zero-order valence-corrected chi connectivity index (χ0v) is 14.5. The largest absolute Gasteiger partial charge is 0.345 e. The molecule has 0 N–H and O–H groups in total. The van der Waals surface area contributed by atoms with Crippen LogP contribution in [0.1, 0.15) is 25.0 Å². The van der Waals surface area contributed by atoms with Crippen LogP contribution in [0.25, 0.3) is 0 Å². The van der Waals surface area contributed by atoms with Crippen molar-refractivity contribution in [2.75, 3.05) is 0 Å². The van der Waals surface area contributed by atoms with Gasteiger partial charge in [0.1, 0.15) is 12.3 Å². The van der Waals surface area contributed by atoms with E-state index in [0.29, 0.717) is 0 Å². The predicted molar refractivity (Wildman–Crippen MR) is 92.3 cm³/mol. The summed E-state index contributed by atoms with van der Waals surface area (Å²) in [4.78, 5) is 0. The van der Waals surface area contributed by atoms with Gasteiger partial charge in [-0.3, -0.25) is 0 Å². The molecule has 3 nitrogen and oxygen atoms in total. The molecule has 0 aliphatic carbocycles. The molecular formula is C20H24F2O3. The van der Waals surface area contributed by atoms with Crippen LogP contribution >= 0.6 is 0 Å². The lowest BCUT2D eigenvalue weighted by Crippen LogP contribution is -2.36. The Bertz CT molecular complexity index is 537. The van der Waals surface area contributed by atoms with Crippen LogP contribution in [-0.2, 0) is 27.4 Å². The maximum Gasteiger partial charge on any atom is 0.192 e. The molecule has 5 heteroatoms. The lowest BCUT2D eigenvalue weighted by atomic mass is 10.2. The van der Waals surface area contributed by atoms with E-state index in [0.717, 1.165) is 11.1 Å². The van der Waals surface area contributed by atoms with Crippen molar-refractivity contribution in [2.45, 2.75) is 52.0 Å². The number of rotatable bonds is 10. The van der Waals surface area contributed by atoms with Gasteiger partial charge in [0.25, 0.3) is 0 Å². The first-order valence-electron chi connectivity index (χ1n) is 8.31. The second-order valence-electron chi connectivity index (χ2n) is 5.82. The molecule has 0 bridgehead atoms. The lowest BCUT2D eigenvalue weighted by Gasteiger charge is -2.27. The summed E-state index contributed by atoms with van der Waals surface area (Å²) < 4.78 is 44.0. The number of hydrogen-bond donors (Lipinski definition) is 0. The van der Waals surface area contributed by atoms with Crippen molar-refractivity contribution in [2.24, 2.45) is 0 Å². The van der Waals surface area contributed by atoms with Gasteiger partial charge in [0, 0.05) is 0 Å². The van der Waals surface area contributed by atoms with E-state index in [-0.39, 0.29) is 13.2 Å². The Hall–Kier alpha value is -1.82. The van der Waals surface area contributed by atoms with Crippen molar-refractivity contribution >= 4 is 0 Å². The minimum absolute atomic E-state index is 0.172. The third kappa shape index (κ3) is 6.90. The van der Waals surface area contributed by atoms with Crippen molar-refractivity contribution in [1.29, 1.82) is 0 Å². The molecule has 2 aromatic carbocycles. The first-order chi connectivity index (χ1) is 12.1. The standard InChI is InChI=1S/C20H24F2O3/c1-15(21)19(23-13-17-9-5-3-6-10-17)25-20(16(2)22)24-14-18-11-7-4-8-12-18/h3-12,15-16,19-20H,13-14H2,1-2H3. The highest BCUT2D eigenvalue weighted by Gasteiger charge is 2.27. The predicted octanol–water partition coefficient (Wildman–Crippen LogP) is 4.80. The van der Waals surface area contributed by atoms with E-state index in [2.05, 4.69) is 0 Å². The molecule has 0 spiro atoms. The molecule has 0 amide bonds. The van der Waals surface area contributed by atoms with Crippen LogP contribution in [-0.4, -0.2) is 24.9 Å². The van der Waals surface area contributed by atoms with Crippen LogP contribution in [0.2, 0.25) is 0 Å². The minimum atomic E-state index is -1.43. The average molecular weight is 350 g/mol. The molecule has 0 aliphatic heterocycles. The molecule has 4 unspecified atom stereocenters. The molecule has 0 aromatic heterocycles. The summed E-state index contributed by atoms with van der Waals surface area (Å²) in [5, 5.41) is 0. The Morgan fingerprint density at radius 1 is 0.680 bits per heavy atom. The molecule has 0 radical (unpaired) electrons. The van der Waals surface area contributed by atoms with Crippen molar-refractivity contribution in [1.82, 2.24) is 0 Å². The summed E-state index contributed by atoms with van der Waals surface area (Å²) in [5.41, 5.74) is 1.76. The molecule has 0 saturated heterocycles. The molecule has 25 heavy (non-hydrogen) atoms. The van der Waals surface area contributed by atoms with Crippen LogP contribution in [0.5, 0.6) is 0 Å². The Morgan fingerprint density at radius 2 is 1.04 bits per heavy atom. The zero-order chi connectivity index (χ0) is 18.1. The normalized spacial score (nSPS) is 16.2. The van der Waals surface area contributed by atoms with Gasteiger partial charge in [-0.1, -0.05) is 60.7 Å². The molecular weight excluding hydrogens is 326 g/mol. The summed E-state index contributed by atoms with van der Waals surface area (Å²) in [6, 6.07) is 18.7. The molecule has 2 aromatic rings. The fourth-order valence-corrected chi connectivity index (χ4v) is 2.20. The van der Waals surface area contributed by atoms with E-state index in [1.165, 1.54) is 13.8 Å². The average Bonchev–Trinajstić information content (AvgIpc) is 2.62. The van der Waals surface area contributed by atoms with Crippen LogP contribution in [0.15, 0.2) is 60.7 Å². The van der Waals surface area contributed by atoms with Gasteiger partial charge >= 0.3 is 0 Å². The molecule has 0 fully saturated rings. The van der Waals surface area contributed by atoms with E-state index in [1.54, 1.807) is 0 Å². The summed E-state index contributed by atoms with van der Waals surface area (Å²) >= 11 is 0. The maximum atomic E-state index is 13.8. The van der Waals surface area contributed by atoms with Gasteiger partial charge in [-0.2, -0.15) is 0 Å². The van der Waals surface area contributed by atoms with Gasteiger partial charge in [-0.15, -0.1) is 0 Å². The summed E-state index contributed by atoms with van der Waals surface area (Å²) in [7, 11) is 0. The third-order valence-electron chi connectivity index (χ3n) is 3.53. The van der Waals surface area contributed by atoms with E-state index < -0.39 is 24.9 Å². The second-order valence-corrected chi connectivity index (χ2v) is 5.82. The van der Waals surface area contributed by atoms with Gasteiger partial charge in [-0.25, -0.2) is 8.78 Å². The van der Waals surface area contributed by atoms with E-state index >= 15 is 0 Å². The first kappa shape index (κ1) is 19.5. The Labute approximate surface area is 147 Å². The second kappa shape index (κ2) is 10.2. The fraction of sp³-hybridized carbons (Fsp3) is 0.400. The van der Waals surface area contributed by atoms with E-state index in [9.17, 15) is 8.78 Å². The summed E-state index contributed by atoms with van der Waals surface area (Å²) in [6.07, 6.45) is -5.27. The molecule has 2 rings (SSSR count). The van der Waals surface area contributed by atoms with E-state index in [1.807, 2.05) is 60.7 Å². The smallest absolute Gasteiger partial charge is 0.192 e. The summed E-state index contributed by atoms with van der Waals surface area (Å²) in [5.74, 6) is 0. The number of benzene rings is 2. The van der Waals surface area contributed by atoms with Gasteiger partial charge in [0.15, 0.2) is 12.6 Å². The fourth-order valence-electron chi connectivity index (χ4n) is 2.20. The number of hydrogen-bond acceptors (Lipinski definition) is 3. The third-order valence-corrected chi connectivity index (χ3v) is 3.53. The maximum absolute atomic E-state index is 13.8. The topological polar surface area (TPSA) is 27.7 Å². The van der Waals surface area contributed by atoms with Crippen molar-refractivity contribution in [3.05, 3.63) is 71.8 Å². The van der Waals surface area contributed by atoms with E-state index in [4.69, 9.17) is 14.2 Å². The minimum Gasteiger partial charge on any atom is -0.345 e. The van der Waals surface area contributed by atoms with Gasteiger partial charge < -0.3 is 14.2 Å². The molecule has 0 heterocycles. The van der Waals surface area contributed by atoms with Gasteiger partial charge in [-0.05, 0) is 25.0 Å². The molecule has 4 atom stereocenters. The Morgan fingerprint density at radius 3 is 1.36 bits per heavy atom. The highest BCUT2D eigenvalue weighted by Crippen LogP contribution is 2.17. The van der Waals surface area contributed by atoms with Crippen LogP contribution in [0.3, 0.4) is 0 Å². The van der Waals surface area contributed by atoms with Crippen LogP contribution < -0.4 is 0 Å². The number of alkyl halides is 2. The highest BCUT2D eigenvalue weighted by molar-refractivity contribution is 5.14. The van der Waals surface area contributed by atoms with Crippen LogP contribution in [0, 0.1) is 0 Å².